The normalized spacial score (nSPS) is 22.3. The van der Waals surface area contributed by atoms with Gasteiger partial charge in [-0.1, -0.05) is 45.8 Å². The molecule has 8 nitrogen and oxygen atoms in total. The number of hydrogen-bond donors (Lipinski definition) is 1. The van der Waals surface area contributed by atoms with E-state index in [2.05, 4.69) is 10.1 Å². The quantitative estimate of drug-likeness (QED) is 0.223. The zero-order chi connectivity index (χ0) is 27.6. The predicted octanol–water partition coefficient (Wildman–Crippen LogP) is 7.42. The van der Waals surface area contributed by atoms with Crippen LogP contribution >= 0.6 is 34.5 Å². The average Bonchev–Trinajstić information content (AvgIpc) is 3.31. The molecule has 0 amide bonds. The van der Waals surface area contributed by atoms with Crippen molar-refractivity contribution >= 4 is 55.9 Å². The van der Waals surface area contributed by atoms with E-state index in [4.69, 9.17) is 42.2 Å². The van der Waals surface area contributed by atoms with Gasteiger partial charge in [0.05, 0.1) is 40.1 Å². The Kier molecular flexibility index (Phi) is 6.46. The third kappa shape index (κ3) is 4.53. The molecule has 1 saturated heterocycles. The summed E-state index contributed by atoms with van der Waals surface area (Å²) in [7, 11) is 1.54. The molecular weight excluding hydrogens is 573 g/mol. The lowest BCUT2D eigenvalue weighted by Gasteiger charge is -2.44. The number of thiazole rings is 1. The van der Waals surface area contributed by atoms with Crippen molar-refractivity contribution in [2.75, 3.05) is 25.1 Å². The van der Waals surface area contributed by atoms with Crippen molar-refractivity contribution in [3.63, 3.8) is 0 Å². The maximum Gasteiger partial charge on any atom is 0.335 e. The summed E-state index contributed by atoms with van der Waals surface area (Å²) in [6, 6.07) is 8.65. The lowest BCUT2D eigenvalue weighted by Crippen LogP contribution is -2.44. The molecular formula is C29H27Cl2N3O5S. The van der Waals surface area contributed by atoms with E-state index in [1.54, 1.807) is 6.07 Å². The summed E-state index contributed by atoms with van der Waals surface area (Å²) in [6.45, 7) is 2.23. The van der Waals surface area contributed by atoms with Crippen molar-refractivity contribution in [3.8, 4) is 17.0 Å². The first kappa shape index (κ1) is 26.1. The second kappa shape index (κ2) is 9.91. The number of fused-ring (bicyclic) bond motifs is 1. The van der Waals surface area contributed by atoms with Gasteiger partial charge in [-0.3, -0.25) is 0 Å². The maximum atomic E-state index is 11.5. The zero-order valence-electron chi connectivity index (χ0n) is 21.8. The van der Waals surface area contributed by atoms with Gasteiger partial charge >= 0.3 is 5.97 Å². The number of rotatable bonds is 8. The van der Waals surface area contributed by atoms with E-state index in [-0.39, 0.29) is 17.1 Å². The number of hydrogen-bond acceptors (Lipinski definition) is 8. The van der Waals surface area contributed by atoms with Crippen molar-refractivity contribution in [1.82, 2.24) is 10.1 Å². The second-order valence-corrected chi connectivity index (χ2v) is 12.9. The fourth-order valence-electron chi connectivity index (χ4n) is 6.11. The van der Waals surface area contributed by atoms with Gasteiger partial charge in [0.25, 0.3) is 0 Å². The van der Waals surface area contributed by atoms with E-state index in [0.717, 1.165) is 66.3 Å². The summed E-state index contributed by atoms with van der Waals surface area (Å²) in [5.74, 6) is 0.786. The SMILES string of the molecule is COc1cc(C(=O)O)cc2sc(N3CCC4(CC(OCc5c(-c6c(Cl)cccc6Cl)noc5C5CC5)C4)C3)nc12. The Morgan fingerprint density at radius 1 is 1.25 bits per heavy atom. The maximum absolute atomic E-state index is 11.5. The number of nitrogens with zero attached hydrogens (tertiary/aromatic N) is 3. The van der Waals surface area contributed by atoms with Crippen LogP contribution in [0.2, 0.25) is 10.0 Å². The first-order chi connectivity index (χ1) is 19.3. The monoisotopic (exact) mass is 599 g/mol. The van der Waals surface area contributed by atoms with Crippen LogP contribution in [0.1, 0.15) is 59.7 Å². The molecule has 1 aliphatic heterocycles. The molecule has 7 rings (SSSR count). The number of carboxylic acids is 1. The third-order valence-corrected chi connectivity index (χ3v) is 10.1. The first-order valence-electron chi connectivity index (χ1n) is 13.4. The fourth-order valence-corrected chi connectivity index (χ4v) is 7.73. The van der Waals surface area contributed by atoms with Crippen LogP contribution in [0, 0.1) is 5.41 Å². The topological polar surface area (TPSA) is 97.9 Å². The van der Waals surface area contributed by atoms with Gasteiger partial charge in [-0.2, -0.15) is 0 Å². The molecule has 0 atom stereocenters. The molecule has 2 aromatic heterocycles. The number of anilines is 1. The molecule has 208 valence electrons. The molecule has 1 N–H and O–H groups in total. The Bertz CT molecular complexity index is 1610. The lowest BCUT2D eigenvalue weighted by molar-refractivity contribution is -0.0796. The highest BCUT2D eigenvalue weighted by molar-refractivity contribution is 7.22. The van der Waals surface area contributed by atoms with Gasteiger partial charge in [0.15, 0.2) is 5.13 Å². The van der Waals surface area contributed by atoms with E-state index >= 15 is 0 Å². The largest absolute Gasteiger partial charge is 0.494 e. The average molecular weight is 601 g/mol. The van der Waals surface area contributed by atoms with Gasteiger partial charge in [-0.15, -0.1) is 0 Å². The highest BCUT2D eigenvalue weighted by atomic mass is 35.5. The molecule has 40 heavy (non-hydrogen) atoms. The molecule has 4 aromatic rings. The van der Waals surface area contributed by atoms with Crippen molar-refractivity contribution in [2.45, 2.75) is 50.7 Å². The number of carboxylic acid groups (broad SMARTS) is 1. The predicted molar refractivity (Wildman–Crippen MR) is 154 cm³/mol. The lowest BCUT2D eigenvalue weighted by atomic mass is 9.66. The number of methoxy groups -OCH3 is 1. The minimum atomic E-state index is -0.978. The van der Waals surface area contributed by atoms with Gasteiger partial charge in [0.1, 0.15) is 22.7 Å². The fraction of sp³-hybridized carbons (Fsp3) is 0.414. The Morgan fingerprint density at radius 2 is 2.02 bits per heavy atom. The van der Waals surface area contributed by atoms with Gasteiger partial charge in [-0.25, -0.2) is 9.78 Å². The highest BCUT2D eigenvalue weighted by Gasteiger charge is 2.49. The Balaban J connectivity index is 1.04. The number of halogens is 2. The van der Waals surface area contributed by atoms with Crippen LogP contribution in [-0.4, -0.2) is 47.5 Å². The molecule has 2 aromatic carbocycles. The van der Waals surface area contributed by atoms with Gasteiger partial charge < -0.3 is 24.0 Å². The minimum Gasteiger partial charge on any atom is -0.494 e. The molecule has 0 unspecified atom stereocenters. The van der Waals surface area contributed by atoms with Crippen LogP contribution in [0.3, 0.4) is 0 Å². The molecule has 11 heteroatoms. The van der Waals surface area contributed by atoms with Gasteiger partial charge in [0.2, 0.25) is 0 Å². The Morgan fingerprint density at radius 3 is 2.73 bits per heavy atom. The highest BCUT2D eigenvalue weighted by Crippen LogP contribution is 2.52. The van der Waals surface area contributed by atoms with Crippen LogP contribution in [0.15, 0.2) is 34.9 Å². The summed E-state index contributed by atoms with van der Waals surface area (Å²) in [5, 5.41) is 15.8. The Hall–Kier alpha value is -2.85. The van der Waals surface area contributed by atoms with Gasteiger partial charge in [0, 0.05) is 30.1 Å². The molecule has 1 spiro atoms. The van der Waals surface area contributed by atoms with Crippen LogP contribution in [0.5, 0.6) is 5.75 Å². The smallest absolute Gasteiger partial charge is 0.335 e. The van der Waals surface area contributed by atoms with Crippen LogP contribution in [0.4, 0.5) is 5.13 Å². The summed E-state index contributed by atoms with van der Waals surface area (Å²) in [4.78, 5) is 18.7. The van der Waals surface area contributed by atoms with Crippen molar-refractivity contribution in [2.24, 2.45) is 5.41 Å². The van der Waals surface area contributed by atoms with Crippen molar-refractivity contribution < 1.29 is 23.9 Å². The Labute approximate surface area is 244 Å². The van der Waals surface area contributed by atoms with Crippen LogP contribution in [0.25, 0.3) is 21.5 Å². The van der Waals surface area contributed by atoms with E-state index in [1.165, 1.54) is 24.5 Å². The molecule has 0 bridgehead atoms. The third-order valence-electron chi connectivity index (χ3n) is 8.38. The van der Waals surface area contributed by atoms with E-state index in [9.17, 15) is 9.90 Å². The van der Waals surface area contributed by atoms with E-state index in [0.29, 0.717) is 45.1 Å². The molecule has 2 aliphatic carbocycles. The minimum absolute atomic E-state index is 0.157. The molecule has 2 saturated carbocycles. The summed E-state index contributed by atoms with van der Waals surface area (Å²) in [5.41, 5.74) is 3.43. The zero-order valence-corrected chi connectivity index (χ0v) is 24.1. The van der Waals surface area contributed by atoms with Crippen molar-refractivity contribution in [1.29, 1.82) is 0 Å². The first-order valence-corrected chi connectivity index (χ1v) is 14.9. The van der Waals surface area contributed by atoms with Crippen LogP contribution < -0.4 is 9.64 Å². The second-order valence-electron chi connectivity index (χ2n) is 11.1. The number of carbonyl (C=O) groups is 1. The molecule has 0 radical (unpaired) electrons. The van der Waals surface area contributed by atoms with Gasteiger partial charge in [-0.05, 0) is 61.8 Å². The van der Waals surface area contributed by atoms with E-state index < -0.39 is 5.97 Å². The molecule has 3 fully saturated rings. The van der Waals surface area contributed by atoms with Crippen molar-refractivity contribution in [3.05, 3.63) is 57.3 Å². The summed E-state index contributed by atoms with van der Waals surface area (Å²) >= 11 is 14.5. The summed E-state index contributed by atoms with van der Waals surface area (Å²) < 4.78 is 18.5. The number of ether oxygens (including phenoxy) is 2. The number of aromatic carboxylic acids is 1. The standard InChI is InChI=1S/C29H27Cl2N3O5S/c1-37-21-9-16(27(35)36)10-22-25(21)32-28(40-22)34-8-7-29(14-34)11-17(12-29)38-13-18-24(33-39-26(18)15-5-6-15)23-19(30)3-2-4-20(23)31/h2-4,9-10,15,17H,5-8,11-14H2,1H3,(H,35,36). The van der Waals surface area contributed by atoms with Crippen LogP contribution in [-0.2, 0) is 11.3 Å². The molecule has 3 heterocycles. The molecule has 3 aliphatic rings. The summed E-state index contributed by atoms with van der Waals surface area (Å²) in [6.07, 6.45) is 5.37. The number of benzene rings is 2. The number of aromatic nitrogens is 2. The van der Waals surface area contributed by atoms with E-state index in [1.807, 2.05) is 18.2 Å².